The van der Waals surface area contributed by atoms with Crippen LogP contribution in [0, 0.1) is 5.92 Å². The Labute approximate surface area is 181 Å². The molecule has 0 radical (unpaired) electrons. The third kappa shape index (κ3) is 4.71. The fourth-order valence-corrected chi connectivity index (χ4v) is 4.23. The predicted octanol–water partition coefficient (Wildman–Crippen LogP) is 8.38. The van der Waals surface area contributed by atoms with Gasteiger partial charge in [0, 0.05) is 5.92 Å². The number of hydrogen-bond acceptors (Lipinski definition) is 0. The van der Waals surface area contributed by atoms with E-state index in [1.807, 2.05) is 6.08 Å². The average Bonchev–Trinajstić information content (AvgIpc) is 2.83. The Morgan fingerprint density at radius 1 is 0.667 bits per heavy atom. The normalized spacial score (nSPS) is 18.1. The molecule has 0 bridgehead atoms. The van der Waals surface area contributed by atoms with Gasteiger partial charge < -0.3 is 0 Å². The minimum Gasteiger partial charge on any atom is -0.103 e. The largest absolute Gasteiger partial charge is 0.103 e. The summed E-state index contributed by atoms with van der Waals surface area (Å²) in [6.07, 6.45) is 13.2. The van der Waals surface area contributed by atoms with Crippen molar-refractivity contribution in [1.82, 2.24) is 0 Å². The Kier molecular flexibility index (Phi) is 6.44. The zero-order valence-electron chi connectivity index (χ0n) is 17.6. The summed E-state index contributed by atoms with van der Waals surface area (Å²) in [5, 5.41) is 0. The Bertz CT molecular complexity index is 1000. The second-order valence-corrected chi connectivity index (χ2v) is 8.19. The quantitative estimate of drug-likeness (QED) is 0.355. The summed E-state index contributed by atoms with van der Waals surface area (Å²) in [6, 6.07) is 26.9. The summed E-state index contributed by atoms with van der Waals surface area (Å²) in [7, 11) is 0. The molecule has 1 aliphatic carbocycles. The van der Waals surface area contributed by atoms with Crippen LogP contribution >= 0.6 is 0 Å². The molecule has 0 saturated carbocycles. The molecule has 0 heteroatoms. The number of benzene rings is 3. The van der Waals surface area contributed by atoms with Crippen molar-refractivity contribution in [1.29, 1.82) is 0 Å². The maximum Gasteiger partial charge on any atom is 0.00185 e. The minimum atomic E-state index is 0.534. The highest BCUT2D eigenvalue weighted by molar-refractivity contribution is 5.70. The van der Waals surface area contributed by atoms with Crippen LogP contribution in [0.4, 0.5) is 0 Å². The third-order valence-corrected chi connectivity index (χ3v) is 6.19. The van der Waals surface area contributed by atoms with Crippen molar-refractivity contribution >= 4 is 0 Å². The van der Waals surface area contributed by atoms with Gasteiger partial charge in [0.2, 0.25) is 0 Å². The molecule has 30 heavy (non-hydrogen) atoms. The molecule has 0 N–H and O–H groups in total. The average molecular weight is 391 g/mol. The summed E-state index contributed by atoms with van der Waals surface area (Å²) in [5.41, 5.74) is 7.83. The van der Waals surface area contributed by atoms with Crippen LogP contribution in [0.1, 0.15) is 36.3 Å². The highest BCUT2D eigenvalue weighted by Gasteiger charge is 2.15. The van der Waals surface area contributed by atoms with Crippen LogP contribution in [-0.4, -0.2) is 0 Å². The molecule has 0 nitrogen and oxygen atoms in total. The summed E-state index contributed by atoms with van der Waals surface area (Å²) in [5.74, 6) is 1.08. The fraction of sp³-hybridized carbons (Fsp3) is 0.200. The fourth-order valence-electron chi connectivity index (χ4n) is 4.23. The molecule has 0 saturated heterocycles. The monoisotopic (exact) mass is 390 g/mol. The van der Waals surface area contributed by atoms with Gasteiger partial charge in [0.25, 0.3) is 0 Å². The Balaban J connectivity index is 1.45. The van der Waals surface area contributed by atoms with Gasteiger partial charge in [-0.15, -0.1) is 13.2 Å². The molecular weight excluding hydrogens is 360 g/mol. The summed E-state index contributed by atoms with van der Waals surface area (Å²) in [6.45, 7) is 7.71. The van der Waals surface area contributed by atoms with Crippen molar-refractivity contribution in [3.8, 4) is 22.3 Å². The number of aryl methyl sites for hydroxylation is 1. The van der Waals surface area contributed by atoms with Crippen LogP contribution in [0.5, 0.6) is 0 Å². The Morgan fingerprint density at radius 2 is 1.20 bits per heavy atom. The molecule has 2 unspecified atom stereocenters. The molecule has 0 aliphatic heterocycles. The number of rotatable bonds is 7. The predicted molar refractivity (Wildman–Crippen MR) is 131 cm³/mol. The molecule has 0 fully saturated rings. The summed E-state index contributed by atoms with van der Waals surface area (Å²) in [4.78, 5) is 0. The van der Waals surface area contributed by atoms with E-state index in [2.05, 4.69) is 104 Å². The van der Waals surface area contributed by atoms with Crippen molar-refractivity contribution in [2.45, 2.75) is 31.6 Å². The molecule has 0 aromatic heterocycles. The molecular formula is C30H30. The molecule has 0 amide bonds. The zero-order valence-corrected chi connectivity index (χ0v) is 17.6. The second kappa shape index (κ2) is 9.59. The number of hydrogen-bond donors (Lipinski definition) is 0. The Morgan fingerprint density at radius 3 is 1.67 bits per heavy atom. The van der Waals surface area contributed by atoms with Crippen molar-refractivity contribution in [2.24, 2.45) is 5.92 Å². The second-order valence-electron chi connectivity index (χ2n) is 8.19. The van der Waals surface area contributed by atoms with E-state index in [9.17, 15) is 0 Å². The lowest BCUT2D eigenvalue weighted by atomic mass is 9.84. The zero-order chi connectivity index (χ0) is 20.8. The lowest BCUT2D eigenvalue weighted by Gasteiger charge is -2.21. The summed E-state index contributed by atoms with van der Waals surface area (Å²) >= 11 is 0. The van der Waals surface area contributed by atoms with Gasteiger partial charge in [-0.3, -0.25) is 0 Å². The van der Waals surface area contributed by atoms with E-state index in [4.69, 9.17) is 0 Å². The molecule has 3 aromatic rings. The highest BCUT2D eigenvalue weighted by atomic mass is 14.2. The van der Waals surface area contributed by atoms with Crippen molar-refractivity contribution < 1.29 is 0 Å². The van der Waals surface area contributed by atoms with Crippen LogP contribution in [0.25, 0.3) is 22.3 Å². The van der Waals surface area contributed by atoms with Gasteiger partial charge in [-0.2, -0.15) is 0 Å². The first-order chi connectivity index (χ1) is 14.8. The first-order valence-corrected chi connectivity index (χ1v) is 11.0. The van der Waals surface area contributed by atoms with Crippen LogP contribution < -0.4 is 0 Å². The molecule has 3 aromatic carbocycles. The SMILES string of the molecule is C=CCCc1ccc(-c2ccc(-c3ccc(C4C=CC(C=C)CC4)cc3)cc2)cc1. The van der Waals surface area contributed by atoms with Crippen LogP contribution in [0.2, 0.25) is 0 Å². The maximum absolute atomic E-state index is 3.91. The Hall–Kier alpha value is -3.12. The van der Waals surface area contributed by atoms with Gasteiger partial charge in [0.05, 0.1) is 0 Å². The molecule has 2 atom stereocenters. The van der Waals surface area contributed by atoms with Gasteiger partial charge in [0.1, 0.15) is 0 Å². The molecule has 0 spiro atoms. The standard InChI is InChI=1S/C30H30/c1-3-5-6-24-9-13-26(14-10-24)28-17-21-30(22-18-28)29-19-15-27(16-20-29)25-11-7-23(4-2)8-12-25/h3-4,7,9-11,13-23,25H,1-2,5-6,8,12H2. The lowest BCUT2D eigenvalue weighted by Crippen LogP contribution is -2.05. The topological polar surface area (TPSA) is 0 Å². The third-order valence-electron chi connectivity index (χ3n) is 6.19. The van der Waals surface area contributed by atoms with E-state index in [-0.39, 0.29) is 0 Å². The molecule has 0 heterocycles. The van der Waals surface area contributed by atoms with E-state index in [1.165, 1.54) is 46.2 Å². The first-order valence-electron chi connectivity index (χ1n) is 11.0. The maximum atomic E-state index is 3.91. The smallest absolute Gasteiger partial charge is 0.00185 e. The molecule has 150 valence electrons. The minimum absolute atomic E-state index is 0.534. The lowest BCUT2D eigenvalue weighted by molar-refractivity contribution is 0.582. The number of allylic oxidation sites excluding steroid dienone is 4. The van der Waals surface area contributed by atoms with Gasteiger partial charge in [-0.25, -0.2) is 0 Å². The van der Waals surface area contributed by atoms with Gasteiger partial charge in [0.15, 0.2) is 0 Å². The van der Waals surface area contributed by atoms with Gasteiger partial charge in [-0.05, 0) is 65.0 Å². The first kappa shape index (κ1) is 20.2. The van der Waals surface area contributed by atoms with Crippen molar-refractivity contribution in [2.75, 3.05) is 0 Å². The van der Waals surface area contributed by atoms with Gasteiger partial charge >= 0.3 is 0 Å². The van der Waals surface area contributed by atoms with E-state index >= 15 is 0 Å². The van der Waals surface area contributed by atoms with E-state index < -0.39 is 0 Å². The molecule has 1 aliphatic rings. The van der Waals surface area contributed by atoms with E-state index in [0.29, 0.717) is 11.8 Å². The van der Waals surface area contributed by atoms with Crippen molar-refractivity contribution in [3.05, 3.63) is 121 Å². The van der Waals surface area contributed by atoms with Crippen LogP contribution in [0.3, 0.4) is 0 Å². The van der Waals surface area contributed by atoms with Crippen LogP contribution in [-0.2, 0) is 6.42 Å². The van der Waals surface area contributed by atoms with Crippen LogP contribution in [0.15, 0.2) is 110 Å². The van der Waals surface area contributed by atoms with E-state index in [0.717, 1.165) is 12.8 Å². The summed E-state index contributed by atoms with van der Waals surface area (Å²) < 4.78 is 0. The molecule has 4 rings (SSSR count). The van der Waals surface area contributed by atoms with E-state index in [1.54, 1.807) is 0 Å². The van der Waals surface area contributed by atoms with Crippen molar-refractivity contribution in [3.63, 3.8) is 0 Å². The van der Waals surface area contributed by atoms with Gasteiger partial charge in [-0.1, -0.05) is 97.1 Å². The highest BCUT2D eigenvalue weighted by Crippen LogP contribution is 2.32.